The average molecular weight is 252 g/mol. The number of hydrogen-bond acceptors (Lipinski definition) is 2. The van der Waals surface area contributed by atoms with Crippen molar-refractivity contribution in [3.8, 4) is 0 Å². The van der Waals surface area contributed by atoms with Gasteiger partial charge in [-0.15, -0.1) is 0 Å². The Morgan fingerprint density at radius 1 is 1.39 bits per heavy atom. The van der Waals surface area contributed by atoms with E-state index in [1.165, 1.54) is 0 Å². The molecule has 0 aliphatic heterocycles. The highest BCUT2D eigenvalue weighted by Crippen LogP contribution is 2.15. The second-order valence-corrected chi connectivity index (χ2v) is 4.69. The van der Waals surface area contributed by atoms with Gasteiger partial charge in [0.1, 0.15) is 5.69 Å². The number of carbonyl (C=O) groups is 1. The zero-order chi connectivity index (χ0) is 13.6. The first-order valence-corrected chi connectivity index (χ1v) is 6.71. The molecule has 0 atom stereocenters. The molecule has 1 aromatic heterocycles. The van der Waals surface area contributed by atoms with Crippen LogP contribution in [0.4, 0.5) is 0 Å². The van der Waals surface area contributed by atoms with E-state index < -0.39 is 5.54 Å². The molecule has 0 bridgehead atoms. The van der Waals surface area contributed by atoms with Crippen LogP contribution in [0.3, 0.4) is 0 Å². The highest BCUT2D eigenvalue weighted by Gasteiger charge is 2.28. The summed E-state index contributed by atoms with van der Waals surface area (Å²) in [6, 6.07) is 3.70. The van der Waals surface area contributed by atoms with Gasteiger partial charge in [-0.05, 0) is 31.4 Å². The number of rotatable bonds is 7. The Morgan fingerprint density at radius 2 is 2.06 bits per heavy atom. The average Bonchev–Trinajstić information content (AvgIpc) is 2.85. The van der Waals surface area contributed by atoms with Crippen LogP contribution >= 0.6 is 0 Å². The van der Waals surface area contributed by atoms with Gasteiger partial charge >= 0.3 is 0 Å². The molecular weight excluding hydrogens is 228 g/mol. The molecule has 0 fully saturated rings. The van der Waals surface area contributed by atoms with Crippen molar-refractivity contribution in [2.24, 2.45) is 0 Å². The van der Waals surface area contributed by atoms with Crippen LogP contribution in [-0.2, 0) is 6.54 Å². The van der Waals surface area contributed by atoms with Crippen LogP contribution in [0.15, 0.2) is 18.3 Å². The van der Waals surface area contributed by atoms with E-state index in [9.17, 15) is 9.90 Å². The van der Waals surface area contributed by atoms with Crippen molar-refractivity contribution < 1.29 is 9.90 Å². The molecule has 0 unspecified atom stereocenters. The van der Waals surface area contributed by atoms with Crippen molar-refractivity contribution in [1.82, 2.24) is 9.88 Å². The van der Waals surface area contributed by atoms with Crippen LogP contribution in [-0.4, -0.2) is 27.7 Å². The number of amides is 1. The van der Waals surface area contributed by atoms with Crippen LogP contribution < -0.4 is 5.32 Å². The van der Waals surface area contributed by atoms with Gasteiger partial charge in [0.25, 0.3) is 5.91 Å². The lowest BCUT2D eigenvalue weighted by Crippen LogP contribution is -2.50. The number of carbonyl (C=O) groups excluding carboxylic acids is 1. The van der Waals surface area contributed by atoms with Crippen molar-refractivity contribution in [3.05, 3.63) is 24.0 Å². The molecule has 4 heteroatoms. The molecule has 4 nitrogen and oxygen atoms in total. The van der Waals surface area contributed by atoms with Gasteiger partial charge in [-0.1, -0.05) is 20.8 Å². The maximum absolute atomic E-state index is 12.3. The van der Waals surface area contributed by atoms with Gasteiger partial charge in [-0.2, -0.15) is 0 Å². The number of nitrogens with zero attached hydrogens (tertiary/aromatic N) is 1. The number of hydrogen-bond donors (Lipinski definition) is 2. The summed E-state index contributed by atoms with van der Waals surface area (Å²) in [4.78, 5) is 12.3. The molecule has 1 rings (SSSR count). The van der Waals surface area contributed by atoms with Crippen molar-refractivity contribution in [2.75, 3.05) is 6.61 Å². The Labute approximate surface area is 109 Å². The first-order chi connectivity index (χ1) is 8.62. The summed E-state index contributed by atoms with van der Waals surface area (Å²) in [7, 11) is 0. The smallest absolute Gasteiger partial charge is 0.268 e. The molecule has 0 spiro atoms. The number of aliphatic hydroxyl groups is 1. The summed E-state index contributed by atoms with van der Waals surface area (Å²) in [5, 5.41) is 12.4. The van der Waals surface area contributed by atoms with Crippen LogP contribution in [0.1, 0.15) is 50.5 Å². The molecule has 102 valence electrons. The quantitative estimate of drug-likeness (QED) is 0.781. The largest absolute Gasteiger partial charge is 0.394 e. The van der Waals surface area contributed by atoms with E-state index in [1.54, 1.807) is 0 Å². The zero-order valence-electron chi connectivity index (χ0n) is 11.6. The summed E-state index contributed by atoms with van der Waals surface area (Å²) in [5.74, 6) is -0.105. The molecule has 2 N–H and O–H groups in total. The molecule has 0 saturated carbocycles. The number of aliphatic hydroxyl groups excluding tert-OH is 1. The lowest BCUT2D eigenvalue weighted by atomic mass is 9.93. The molecule has 1 heterocycles. The number of nitrogens with one attached hydrogen (secondary N) is 1. The van der Waals surface area contributed by atoms with Crippen molar-refractivity contribution >= 4 is 5.91 Å². The molecule has 18 heavy (non-hydrogen) atoms. The highest BCUT2D eigenvalue weighted by molar-refractivity contribution is 5.93. The third-order valence-electron chi connectivity index (χ3n) is 3.56. The predicted molar refractivity (Wildman–Crippen MR) is 72.6 cm³/mol. The van der Waals surface area contributed by atoms with E-state index in [0.29, 0.717) is 5.69 Å². The Kier molecular flexibility index (Phi) is 5.41. The summed E-state index contributed by atoms with van der Waals surface area (Å²) in [6.07, 6.45) is 4.35. The maximum atomic E-state index is 12.3. The fourth-order valence-corrected chi connectivity index (χ4v) is 2.05. The fraction of sp³-hybridized carbons (Fsp3) is 0.643. The molecule has 0 aromatic carbocycles. The topological polar surface area (TPSA) is 54.3 Å². The first-order valence-electron chi connectivity index (χ1n) is 6.71. The molecular formula is C14H24N2O2. The highest BCUT2D eigenvalue weighted by atomic mass is 16.3. The number of aryl methyl sites for hydroxylation is 1. The van der Waals surface area contributed by atoms with Crippen LogP contribution in [0, 0.1) is 0 Å². The molecule has 1 amide bonds. The standard InChI is InChI=1S/C14H24N2O2/c1-4-9-16-10-7-8-12(16)13(18)15-14(5-2,6-3)11-17/h7-8,10,17H,4-6,9,11H2,1-3H3,(H,15,18). The van der Waals surface area contributed by atoms with Gasteiger partial charge in [-0.25, -0.2) is 0 Å². The third-order valence-corrected chi connectivity index (χ3v) is 3.56. The van der Waals surface area contributed by atoms with Crippen molar-refractivity contribution in [2.45, 2.75) is 52.1 Å². The second-order valence-electron chi connectivity index (χ2n) is 4.69. The summed E-state index contributed by atoms with van der Waals surface area (Å²) in [6.45, 7) is 6.84. The lowest BCUT2D eigenvalue weighted by Gasteiger charge is -2.30. The van der Waals surface area contributed by atoms with E-state index in [2.05, 4.69) is 12.2 Å². The predicted octanol–water partition coefficient (Wildman–Crippen LogP) is 2.18. The summed E-state index contributed by atoms with van der Waals surface area (Å²) < 4.78 is 1.95. The molecule has 0 radical (unpaired) electrons. The van der Waals surface area contributed by atoms with E-state index in [0.717, 1.165) is 25.8 Å². The van der Waals surface area contributed by atoms with E-state index in [4.69, 9.17) is 0 Å². The van der Waals surface area contributed by atoms with Crippen LogP contribution in [0.2, 0.25) is 0 Å². The minimum atomic E-state index is -0.502. The Bertz CT molecular complexity index is 373. The maximum Gasteiger partial charge on any atom is 0.268 e. The third kappa shape index (κ3) is 3.13. The number of aromatic nitrogens is 1. The first kappa shape index (κ1) is 14.8. The van der Waals surface area contributed by atoms with E-state index >= 15 is 0 Å². The molecule has 0 aliphatic rings. The SMILES string of the molecule is CCCn1cccc1C(=O)NC(CC)(CC)CO. The Hall–Kier alpha value is -1.29. The Balaban J connectivity index is 2.84. The minimum absolute atomic E-state index is 0.0276. The summed E-state index contributed by atoms with van der Waals surface area (Å²) >= 11 is 0. The van der Waals surface area contributed by atoms with Crippen LogP contribution in [0.25, 0.3) is 0 Å². The van der Waals surface area contributed by atoms with Crippen molar-refractivity contribution in [3.63, 3.8) is 0 Å². The fourth-order valence-electron chi connectivity index (χ4n) is 2.05. The van der Waals surface area contributed by atoms with Gasteiger partial charge in [0, 0.05) is 12.7 Å². The molecule has 1 aromatic rings. The zero-order valence-corrected chi connectivity index (χ0v) is 11.6. The summed E-state index contributed by atoms with van der Waals surface area (Å²) in [5.41, 5.74) is 0.162. The van der Waals surface area contributed by atoms with Gasteiger partial charge in [0.15, 0.2) is 0 Å². The normalized spacial score (nSPS) is 11.6. The lowest BCUT2D eigenvalue weighted by molar-refractivity contribution is 0.0808. The van der Waals surface area contributed by atoms with Crippen molar-refractivity contribution in [1.29, 1.82) is 0 Å². The van der Waals surface area contributed by atoms with E-state index in [-0.39, 0.29) is 12.5 Å². The van der Waals surface area contributed by atoms with Gasteiger partial charge in [0.05, 0.1) is 12.1 Å². The monoisotopic (exact) mass is 252 g/mol. The van der Waals surface area contributed by atoms with Crippen LogP contribution in [0.5, 0.6) is 0 Å². The minimum Gasteiger partial charge on any atom is -0.394 e. The molecule has 0 aliphatic carbocycles. The van der Waals surface area contributed by atoms with Gasteiger partial charge < -0.3 is 15.0 Å². The van der Waals surface area contributed by atoms with Gasteiger partial charge in [0.2, 0.25) is 0 Å². The van der Waals surface area contributed by atoms with E-state index in [1.807, 2.05) is 36.7 Å². The molecule has 0 saturated heterocycles. The second kappa shape index (κ2) is 6.59. The Morgan fingerprint density at radius 3 is 2.56 bits per heavy atom. The van der Waals surface area contributed by atoms with Gasteiger partial charge in [-0.3, -0.25) is 4.79 Å².